The minimum Gasteiger partial charge on any atom is -0.438 e. The predicted octanol–water partition coefficient (Wildman–Crippen LogP) is 6.20. The van der Waals surface area contributed by atoms with Crippen LogP contribution >= 0.6 is 15.9 Å². The van der Waals surface area contributed by atoms with Crippen molar-refractivity contribution >= 4 is 33.6 Å². The Balaban J connectivity index is 1.68. The number of hydrogen-bond acceptors (Lipinski definition) is 4. The third kappa shape index (κ3) is 5.83. The number of amides is 3. The topological polar surface area (TPSA) is 80.3 Å². The molecule has 0 aliphatic heterocycles. The number of nitrogens with one attached hydrogen (secondary N) is 2. The van der Waals surface area contributed by atoms with E-state index in [-0.39, 0.29) is 21.8 Å². The number of alkyl halides is 3. The Morgan fingerprint density at radius 2 is 1.73 bits per heavy atom. The zero-order valence-corrected chi connectivity index (χ0v) is 18.1. The van der Waals surface area contributed by atoms with E-state index in [1.807, 2.05) is 5.32 Å². The molecule has 0 saturated heterocycles. The molecule has 0 atom stereocenters. The molecule has 0 fully saturated rings. The van der Waals surface area contributed by atoms with Crippen LogP contribution in [-0.2, 0) is 6.18 Å². The highest BCUT2D eigenvalue weighted by Gasteiger charge is 2.31. The normalized spacial score (nSPS) is 11.1. The smallest absolute Gasteiger partial charge is 0.417 e. The molecule has 172 valence electrons. The SMILES string of the molecule is Cc1cc(NC(=O)NC(=O)c2c(F)cccc2F)ccc1Oc1ncc(C(F)(F)F)cc1Br. The maximum absolute atomic E-state index is 13.7. The van der Waals surface area contributed by atoms with Crippen LogP contribution in [0.15, 0.2) is 53.1 Å². The lowest BCUT2D eigenvalue weighted by atomic mass is 10.2. The summed E-state index contributed by atoms with van der Waals surface area (Å²) in [4.78, 5) is 27.7. The molecule has 2 aromatic carbocycles. The standard InChI is InChI=1S/C21H13BrF5N3O3/c1-10-7-12(29-20(32)30-18(31)17-14(23)3-2-4-15(17)24)5-6-16(10)33-19-13(22)8-11(9-28-19)21(25,26)27/h2-9H,1H3,(H2,29,30,31,32). The average molecular weight is 530 g/mol. The molecule has 12 heteroatoms. The Morgan fingerprint density at radius 1 is 1.06 bits per heavy atom. The van der Waals surface area contributed by atoms with Gasteiger partial charge in [0.15, 0.2) is 0 Å². The summed E-state index contributed by atoms with van der Waals surface area (Å²) in [5.41, 5.74) is -1.18. The van der Waals surface area contributed by atoms with Crippen molar-refractivity contribution in [3.63, 3.8) is 0 Å². The molecule has 3 aromatic rings. The maximum atomic E-state index is 13.7. The molecule has 0 bridgehead atoms. The molecule has 0 spiro atoms. The molecular weight excluding hydrogens is 517 g/mol. The largest absolute Gasteiger partial charge is 0.438 e. The molecule has 2 N–H and O–H groups in total. The summed E-state index contributed by atoms with van der Waals surface area (Å²) in [5.74, 6) is -3.39. The number of benzene rings is 2. The van der Waals surface area contributed by atoms with Gasteiger partial charge in [0, 0.05) is 11.9 Å². The molecule has 33 heavy (non-hydrogen) atoms. The van der Waals surface area contributed by atoms with Crippen molar-refractivity contribution in [2.45, 2.75) is 13.1 Å². The van der Waals surface area contributed by atoms with Crippen LogP contribution < -0.4 is 15.4 Å². The van der Waals surface area contributed by atoms with Crippen LogP contribution in [0.25, 0.3) is 0 Å². The number of carbonyl (C=O) groups excluding carboxylic acids is 2. The van der Waals surface area contributed by atoms with Crippen molar-refractivity contribution in [3.05, 3.63) is 81.5 Å². The first-order valence-corrected chi connectivity index (χ1v) is 9.82. The molecule has 3 amide bonds. The first-order chi connectivity index (χ1) is 15.5. The molecule has 0 radical (unpaired) electrons. The number of nitrogens with zero attached hydrogens (tertiary/aromatic N) is 1. The number of urea groups is 1. The second-order valence-electron chi connectivity index (χ2n) is 6.60. The van der Waals surface area contributed by atoms with E-state index < -0.39 is 40.9 Å². The van der Waals surface area contributed by atoms with E-state index in [1.165, 1.54) is 18.2 Å². The Labute approximate surface area is 191 Å². The summed E-state index contributed by atoms with van der Waals surface area (Å²) in [5, 5.41) is 4.14. The number of carbonyl (C=O) groups is 2. The van der Waals surface area contributed by atoms with Crippen molar-refractivity contribution in [2.24, 2.45) is 0 Å². The van der Waals surface area contributed by atoms with E-state index in [1.54, 1.807) is 6.92 Å². The van der Waals surface area contributed by atoms with Gasteiger partial charge in [-0.1, -0.05) is 6.07 Å². The predicted molar refractivity (Wildman–Crippen MR) is 111 cm³/mol. The highest BCUT2D eigenvalue weighted by atomic mass is 79.9. The Morgan fingerprint density at radius 3 is 2.30 bits per heavy atom. The molecule has 3 rings (SSSR count). The van der Waals surface area contributed by atoms with Crippen LogP contribution in [0.4, 0.5) is 32.4 Å². The highest BCUT2D eigenvalue weighted by molar-refractivity contribution is 9.10. The highest BCUT2D eigenvalue weighted by Crippen LogP contribution is 2.35. The van der Waals surface area contributed by atoms with Crippen molar-refractivity contribution in [2.75, 3.05) is 5.32 Å². The minimum atomic E-state index is -4.56. The second kappa shape index (κ2) is 9.53. The van der Waals surface area contributed by atoms with Gasteiger partial charge in [-0.05, 0) is 64.8 Å². The average Bonchev–Trinajstić information content (AvgIpc) is 2.70. The molecule has 0 saturated carbocycles. The first kappa shape index (κ1) is 24.1. The van der Waals surface area contributed by atoms with Crippen molar-refractivity contribution in [1.29, 1.82) is 0 Å². The van der Waals surface area contributed by atoms with E-state index in [0.29, 0.717) is 11.8 Å². The number of halogens is 6. The molecule has 0 aliphatic carbocycles. The Kier molecular flexibility index (Phi) is 6.96. The lowest BCUT2D eigenvalue weighted by Crippen LogP contribution is -2.35. The fourth-order valence-electron chi connectivity index (χ4n) is 2.64. The van der Waals surface area contributed by atoms with Gasteiger partial charge in [-0.2, -0.15) is 13.2 Å². The van der Waals surface area contributed by atoms with E-state index in [9.17, 15) is 31.5 Å². The third-order valence-corrected chi connectivity index (χ3v) is 4.76. The molecular formula is C21H13BrF5N3O3. The summed E-state index contributed by atoms with van der Waals surface area (Å²) in [6, 6.07) is 6.86. The number of ether oxygens (including phenoxy) is 1. The second-order valence-corrected chi connectivity index (χ2v) is 7.45. The van der Waals surface area contributed by atoms with Gasteiger partial charge in [0.1, 0.15) is 22.9 Å². The minimum absolute atomic E-state index is 0.0165. The first-order valence-electron chi connectivity index (χ1n) is 9.03. The van der Waals surface area contributed by atoms with Crippen LogP contribution in [0.5, 0.6) is 11.6 Å². The number of aryl methyl sites for hydroxylation is 1. The van der Waals surface area contributed by atoms with Crippen LogP contribution in [0, 0.1) is 18.6 Å². The zero-order valence-electron chi connectivity index (χ0n) is 16.6. The number of rotatable bonds is 4. The quantitative estimate of drug-likeness (QED) is 0.394. The monoisotopic (exact) mass is 529 g/mol. The van der Waals surface area contributed by atoms with Gasteiger partial charge in [-0.25, -0.2) is 18.6 Å². The van der Waals surface area contributed by atoms with Crippen LogP contribution in [0.1, 0.15) is 21.5 Å². The maximum Gasteiger partial charge on any atom is 0.417 e. The van der Waals surface area contributed by atoms with Gasteiger partial charge in [-0.15, -0.1) is 0 Å². The molecule has 1 aromatic heterocycles. The molecule has 6 nitrogen and oxygen atoms in total. The van der Waals surface area contributed by atoms with Crippen molar-refractivity contribution < 1.29 is 36.3 Å². The van der Waals surface area contributed by atoms with Gasteiger partial charge in [0.25, 0.3) is 5.91 Å². The summed E-state index contributed by atoms with van der Waals surface area (Å²) >= 11 is 2.98. The number of imide groups is 1. The number of aromatic nitrogens is 1. The van der Waals surface area contributed by atoms with E-state index in [4.69, 9.17) is 4.74 Å². The third-order valence-electron chi connectivity index (χ3n) is 4.19. The molecule has 0 aliphatic rings. The zero-order chi connectivity index (χ0) is 24.3. The van der Waals surface area contributed by atoms with Crippen LogP contribution in [0.3, 0.4) is 0 Å². The summed E-state index contributed by atoms with van der Waals surface area (Å²) in [6.45, 7) is 1.59. The van der Waals surface area contributed by atoms with Gasteiger partial charge in [0.2, 0.25) is 5.88 Å². The number of anilines is 1. The lowest BCUT2D eigenvalue weighted by molar-refractivity contribution is -0.137. The Bertz CT molecular complexity index is 1210. The summed E-state index contributed by atoms with van der Waals surface area (Å²) in [6.07, 6.45) is -3.93. The summed E-state index contributed by atoms with van der Waals surface area (Å²) in [7, 11) is 0. The van der Waals surface area contributed by atoms with Crippen molar-refractivity contribution in [3.8, 4) is 11.6 Å². The lowest BCUT2D eigenvalue weighted by Gasteiger charge is -2.13. The van der Waals surface area contributed by atoms with Crippen LogP contribution in [-0.4, -0.2) is 16.9 Å². The Hall–Kier alpha value is -3.54. The van der Waals surface area contributed by atoms with E-state index in [0.717, 1.165) is 24.3 Å². The number of pyridine rings is 1. The summed E-state index contributed by atoms with van der Waals surface area (Å²) < 4.78 is 71.1. The van der Waals surface area contributed by atoms with Gasteiger partial charge < -0.3 is 10.1 Å². The van der Waals surface area contributed by atoms with Gasteiger partial charge >= 0.3 is 12.2 Å². The van der Waals surface area contributed by atoms with E-state index in [2.05, 4.69) is 26.2 Å². The van der Waals surface area contributed by atoms with Crippen LogP contribution in [0.2, 0.25) is 0 Å². The van der Waals surface area contributed by atoms with Crippen molar-refractivity contribution in [1.82, 2.24) is 10.3 Å². The molecule has 0 unspecified atom stereocenters. The fourth-order valence-corrected chi connectivity index (χ4v) is 3.07. The number of hydrogen-bond donors (Lipinski definition) is 2. The van der Waals surface area contributed by atoms with Gasteiger partial charge in [0.05, 0.1) is 10.0 Å². The van der Waals surface area contributed by atoms with E-state index >= 15 is 0 Å². The van der Waals surface area contributed by atoms with Gasteiger partial charge in [-0.3, -0.25) is 10.1 Å². The molecule has 1 heterocycles. The fraction of sp³-hybridized carbons (Fsp3) is 0.0952.